The Morgan fingerprint density at radius 3 is 2.29 bits per heavy atom. The molecule has 3 aromatic rings. The lowest BCUT2D eigenvalue weighted by Gasteiger charge is -2.25. The normalized spacial score (nSPS) is 14.9. The molecule has 0 spiro atoms. The van der Waals surface area contributed by atoms with Crippen LogP contribution < -0.4 is 19.7 Å². The molecule has 0 radical (unpaired) electrons. The van der Waals surface area contributed by atoms with Gasteiger partial charge in [0.05, 0.1) is 6.04 Å². The lowest BCUT2D eigenvalue weighted by molar-refractivity contribution is -0.274. The first-order valence-corrected chi connectivity index (χ1v) is 12.9. The van der Waals surface area contributed by atoms with Crippen LogP contribution in [0.2, 0.25) is 0 Å². The van der Waals surface area contributed by atoms with E-state index >= 15 is 0 Å². The molecule has 2 N–H and O–H groups in total. The lowest BCUT2D eigenvalue weighted by Crippen LogP contribution is -2.43. The Balaban J connectivity index is 1.43. The summed E-state index contributed by atoms with van der Waals surface area (Å²) in [5.41, 5.74) is 1.86. The summed E-state index contributed by atoms with van der Waals surface area (Å²) in [6.45, 7) is 0.391. The minimum Gasteiger partial charge on any atom is -0.489 e. The van der Waals surface area contributed by atoms with Gasteiger partial charge in [0.15, 0.2) is 0 Å². The van der Waals surface area contributed by atoms with Gasteiger partial charge in [-0.25, -0.2) is 4.79 Å². The Labute approximate surface area is 239 Å². The summed E-state index contributed by atoms with van der Waals surface area (Å²) in [6, 6.07) is 20.6. The Morgan fingerprint density at radius 1 is 0.976 bits per heavy atom. The van der Waals surface area contributed by atoms with Crippen LogP contribution in [-0.4, -0.2) is 60.0 Å². The van der Waals surface area contributed by atoms with Crippen LogP contribution in [0.3, 0.4) is 0 Å². The third-order valence-electron chi connectivity index (χ3n) is 6.36. The third kappa shape index (κ3) is 9.01. The molecule has 4 rings (SSSR count). The first-order valence-electron chi connectivity index (χ1n) is 12.9. The van der Waals surface area contributed by atoms with Gasteiger partial charge < -0.3 is 24.8 Å². The number of anilines is 1. The largest absolute Gasteiger partial charge is 0.573 e. The molecule has 0 aliphatic carbocycles. The summed E-state index contributed by atoms with van der Waals surface area (Å²) in [4.78, 5) is 40.2. The summed E-state index contributed by atoms with van der Waals surface area (Å²) in [5, 5.41) is 11.3. The van der Waals surface area contributed by atoms with Crippen molar-refractivity contribution in [3.63, 3.8) is 0 Å². The van der Waals surface area contributed by atoms with Gasteiger partial charge in [0.2, 0.25) is 5.91 Å². The second kappa shape index (κ2) is 13.6. The number of nitrogens with zero attached hydrogens (tertiary/aromatic N) is 2. The van der Waals surface area contributed by atoms with Crippen molar-refractivity contribution in [2.75, 3.05) is 24.5 Å². The van der Waals surface area contributed by atoms with Crippen molar-refractivity contribution >= 4 is 29.7 Å². The van der Waals surface area contributed by atoms with E-state index in [4.69, 9.17) is 9.84 Å². The fourth-order valence-corrected chi connectivity index (χ4v) is 4.31. The van der Waals surface area contributed by atoms with Crippen molar-refractivity contribution in [2.24, 2.45) is 0 Å². The summed E-state index contributed by atoms with van der Waals surface area (Å²) in [6.07, 6.45) is -2.44. The number of carboxylic acid groups (broad SMARTS) is 1. The van der Waals surface area contributed by atoms with Gasteiger partial charge in [-0.1, -0.05) is 42.5 Å². The molecule has 12 heteroatoms. The maximum atomic E-state index is 13.3. The number of amides is 3. The molecule has 220 valence electrons. The Hall–Kier alpha value is -5.00. The van der Waals surface area contributed by atoms with E-state index in [1.54, 1.807) is 30.3 Å². The molecule has 1 aliphatic rings. The number of likely N-dealkylation sites (tertiary alicyclic amines) is 1. The molecule has 0 unspecified atom stereocenters. The number of hydrogen-bond acceptors (Lipinski definition) is 5. The van der Waals surface area contributed by atoms with Gasteiger partial charge in [0.25, 0.3) is 5.91 Å². The first-order chi connectivity index (χ1) is 20.1. The number of hydrogen-bond donors (Lipinski definition) is 2. The Morgan fingerprint density at radius 2 is 1.64 bits per heavy atom. The van der Waals surface area contributed by atoms with E-state index < -0.39 is 18.4 Å². The second-order valence-electron chi connectivity index (χ2n) is 9.42. The molecule has 1 aliphatic heterocycles. The number of alkyl halides is 3. The molecule has 1 atom stereocenters. The van der Waals surface area contributed by atoms with E-state index in [2.05, 4.69) is 10.1 Å². The number of carbonyl (C=O) groups excluding carboxylic acids is 2. The maximum absolute atomic E-state index is 13.3. The van der Waals surface area contributed by atoms with Crippen LogP contribution >= 0.6 is 0 Å². The predicted octanol–water partition coefficient (Wildman–Crippen LogP) is 5.08. The van der Waals surface area contributed by atoms with Crippen molar-refractivity contribution in [1.82, 2.24) is 10.2 Å². The van der Waals surface area contributed by atoms with Gasteiger partial charge >= 0.3 is 12.5 Å². The standard InChI is InChI=1S/C30H28F3N3O6/c31-30(32,33)42-26-11-6-22(7-12-26)20-41-25-13-9-24(10-14-25)36(27(37)15-8-21-4-2-1-3-5-21)19-28(38)35-17-16-23(18-35)34-29(39)40/h1-15,23,34H,16-20H2,(H,39,40)/b15-8+/t23-/m0/s1. The molecule has 42 heavy (non-hydrogen) atoms. The molecule has 9 nitrogen and oxygen atoms in total. The van der Waals surface area contributed by atoms with Crippen LogP contribution in [0.25, 0.3) is 6.08 Å². The number of nitrogens with one attached hydrogen (secondary N) is 1. The summed E-state index contributed by atoms with van der Waals surface area (Å²) < 4.78 is 46.7. The van der Waals surface area contributed by atoms with E-state index in [1.807, 2.05) is 30.3 Å². The summed E-state index contributed by atoms with van der Waals surface area (Å²) in [5.74, 6) is -0.653. The van der Waals surface area contributed by atoms with Crippen molar-refractivity contribution in [3.8, 4) is 11.5 Å². The average molecular weight is 584 g/mol. The Kier molecular flexibility index (Phi) is 9.69. The van der Waals surface area contributed by atoms with Crippen LogP contribution in [0.4, 0.5) is 23.7 Å². The summed E-state index contributed by atoms with van der Waals surface area (Å²) >= 11 is 0. The molecule has 0 aromatic heterocycles. The molecular formula is C30H28F3N3O6. The van der Waals surface area contributed by atoms with Gasteiger partial charge in [-0.15, -0.1) is 13.2 Å². The van der Waals surface area contributed by atoms with Crippen molar-refractivity contribution < 1.29 is 42.1 Å². The minimum absolute atomic E-state index is 0.0765. The molecule has 0 bridgehead atoms. The molecule has 3 amide bonds. The molecule has 1 saturated heterocycles. The van der Waals surface area contributed by atoms with Gasteiger partial charge in [0.1, 0.15) is 24.7 Å². The fraction of sp³-hybridized carbons (Fsp3) is 0.233. The minimum atomic E-state index is -4.77. The number of halogens is 3. The smallest absolute Gasteiger partial charge is 0.489 e. The number of ether oxygens (including phenoxy) is 2. The predicted molar refractivity (Wildman–Crippen MR) is 148 cm³/mol. The highest BCUT2D eigenvalue weighted by atomic mass is 19.4. The molecule has 0 saturated carbocycles. The number of rotatable bonds is 10. The molecule has 1 heterocycles. The monoisotopic (exact) mass is 583 g/mol. The van der Waals surface area contributed by atoms with E-state index in [0.717, 1.165) is 5.56 Å². The van der Waals surface area contributed by atoms with Gasteiger partial charge in [-0.05, 0) is 60.0 Å². The van der Waals surface area contributed by atoms with E-state index in [1.165, 1.54) is 40.1 Å². The SMILES string of the molecule is O=C(O)N[C@H]1CCN(C(=O)CN(C(=O)/C=C/c2ccccc2)c2ccc(OCc3ccc(OC(F)(F)F)cc3)cc2)C1. The number of benzene rings is 3. The van der Waals surface area contributed by atoms with Crippen molar-refractivity contribution in [3.05, 3.63) is 96.1 Å². The lowest BCUT2D eigenvalue weighted by atomic mass is 10.2. The first kappa shape index (κ1) is 30.0. The molecular weight excluding hydrogens is 555 g/mol. The third-order valence-corrected chi connectivity index (χ3v) is 6.36. The fourth-order valence-electron chi connectivity index (χ4n) is 4.31. The van der Waals surface area contributed by atoms with Crippen molar-refractivity contribution in [1.29, 1.82) is 0 Å². The quantitative estimate of drug-likeness (QED) is 0.323. The van der Waals surface area contributed by atoms with Crippen LogP contribution in [0.1, 0.15) is 17.5 Å². The Bertz CT molecular complexity index is 1400. The van der Waals surface area contributed by atoms with Gasteiger partial charge in [-0.3, -0.25) is 14.5 Å². The van der Waals surface area contributed by atoms with Crippen LogP contribution in [0.15, 0.2) is 84.9 Å². The zero-order valence-corrected chi connectivity index (χ0v) is 22.3. The van der Waals surface area contributed by atoms with Crippen LogP contribution in [-0.2, 0) is 16.2 Å². The van der Waals surface area contributed by atoms with E-state index in [-0.39, 0.29) is 37.4 Å². The van der Waals surface area contributed by atoms with E-state index in [9.17, 15) is 27.6 Å². The highest BCUT2D eigenvalue weighted by molar-refractivity contribution is 6.06. The maximum Gasteiger partial charge on any atom is 0.573 e. The topological polar surface area (TPSA) is 108 Å². The zero-order chi connectivity index (χ0) is 30.1. The summed E-state index contributed by atoms with van der Waals surface area (Å²) in [7, 11) is 0. The van der Waals surface area contributed by atoms with E-state index in [0.29, 0.717) is 30.0 Å². The van der Waals surface area contributed by atoms with Gasteiger partial charge in [0, 0.05) is 24.9 Å². The van der Waals surface area contributed by atoms with Crippen molar-refractivity contribution in [2.45, 2.75) is 25.4 Å². The number of carbonyl (C=O) groups is 3. The molecule has 1 fully saturated rings. The average Bonchev–Trinajstić information content (AvgIpc) is 3.42. The van der Waals surface area contributed by atoms with Crippen LogP contribution in [0.5, 0.6) is 11.5 Å². The van der Waals surface area contributed by atoms with Crippen LogP contribution in [0, 0.1) is 0 Å². The zero-order valence-electron chi connectivity index (χ0n) is 22.3. The highest BCUT2D eigenvalue weighted by Crippen LogP contribution is 2.25. The second-order valence-corrected chi connectivity index (χ2v) is 9.42. The molecule has 3 aromatic carbocycles. The highest BCUT2D eigenvalue weighted by Gasteiger charge is 2.31. The van der Waals surface area contributed by atoms with Gasteiger partial charge in [-0.2, -0.15) is 0 Å².